The molecule has 2 heterocycles. The Hall–Kier alpha value is -2.62. The van der Waals surface area contributed by atoms with Gasteiger partial charge in [0.15, 0.2) is 0 Å². The molecule has 2 aromatic rings. The van der Waals surface area contributed by atoms with E-state index in [4.69, 9.17) is 9.47 Å². The van der Waals surface area contributed by atoms with Crippen LogP contribution in [-0.2, 0) is 27.1 Å². The molecule has 0 bridgehead atoms. The zero-order valence-corrected chi connectivity index (χ0v) is 12.4. The third-order valence-electron chi connectivity index (χ3n) is 3.39. The number of aromatic nitrogens is 1. The third-order valence-corrected chi connectivity index (χ3v) is 3.39. The van der Waals surface area contributed by atoms with Gasteiger partial charge in [0.25, 0.3) is 0 Å². The van der Waals surface area contributed by atoms with Crippen molar-refractivity contribution in [2.75, 3.05) is 0 Å². The molecular weight excluding hydrogens is 278 g/mol. The number of hydrogen-bond donors (Lipinski definition) is 0. The van der Waals surface area contributed by atoms with Gasteiger partial charge in [0.1, 0.15) is 6.26 Å². The maximum Gasteiger partial charge on any atom is 0.244 e. The molecular formula is C18H17NO3. The largest absolute Gasteiger partial charge is 0.458 e. The molecule has 1 aromatic heterocycles. The topological polar surface area (TPSA) is 48.4 Å². The minimum absolute atomic E-state index is 0.117. The summed E-state index contributed by atoms with van der Waals surface area (Å²) < 4.78 is 11.0. The predicted molar refractivity (Wildman–Crippen MR) is 81.9 cm³/mol. The van der Waals surface area contributed by atoms with E-state index in [9.17, 15) is 4.79 Å². The summed E-state index contributed by atoms with van der Waals surface area (Å²) in [5.41, 5.74) is 2.74. The molecule has 0 N–H and O–H groups in total. The number of carbonyl (C=O) groups excluding carboxylic acids is 1. The Balaban J connectivity index is 1.57. The van der Waals surface area contributed by atoms with Crippen LogP contribution in [0.25, 0.3) is 0 Å². The van der Waals surface area contributed by atoms with Crippen molar-refractivity contribution in [2.24, 2.45) is 0 Å². The molecule has 0 aliphatic carbocycles. The smallest absolute Gasteiger partial charge is 0.244 e. The summed E-state index contributed by atoms with van der Waals surface area (Å²) in [6, 6.07) is 15.5. The Morgan fingerprint density at radius 3 is 2.73 bits per heavy atom. The van der Waals surface area contributed by atoms with Gasteiger partial charge in [-0.05, 0) is 24.6 Å². The van der Waals surface area contributed by atoms with Gasteiger partial charge in [-0.1, -0.05) is 36.4 Å². The first-order chi connectivity index (χ1) is 10.7. The van der Waals surface area contributed by atoms with Crippen LogP contribution in [0, 0.1) is 6.92 Å². The van der Waals surface area contributed by atoms with E-state index in [0.717, 1.165) is 17.0 Å². The molecule has 1 aromatic carbocycles. The third kappa shape index (κ3) is 3.52. The van der Waals surface area contributed by atoms with Crippen LogP contribution in [0.5, 0.6) is 0 Å². The van der Waals surface area contributed by atoms with Gasteiger partial charge in [0.2, 0.25) is 17.8 Å². The first-order valence-electron chi connectivity index (χ1n) is 7.22. The lowest BCUT2D eigenvalue weighted by Gasteiger charge is -2.11. The summed E-state index contributed by atoms with van der Waals surface area (Å²) in [6.45, 7) is 1.90. The van der Waals surface area contributed by atoms with Gasteiger partial charge in [-0.3, -0.25) is 9.78 Å². The maximum absolute atomic E-state index is 12.2. The summed E-state index contributed by atoms with van der Waals surface area (Å²) in [6.07, 6.45) is 1.80. The number of ketones is 1. The van der Waals surface area contributed by atoms with Crippen LogP contribution >= 0.6 is 0 Å². The number of benzene rings is 1. The second-order valence-corrected chi connectivity index (χ2v) is 5.23. The number of hydrogen-bond acceptors (Lipinski definition) is 4. The van der Waals surface area contributed by atoms with E-state index in [1.54, 1.807) is 0 Å². The summed E-state index contributed by atoms with van der Waals surface area (Å²) in [5.74, 6) is 0.151. The average Bonchev–Trinajstić information content (AvgIpc) is 2.97. The molecule has 0 radical (unpaired) electrons. The molecule has 0 spiro atoms. The quantitative estimate of drug-likeness (QED) is 0.851. The van der Waals surface area contributed by atoms with E-state index in [-0.39, 0.29) is 18.0 Å². The van der Waals surface area contributed by atoms with Crippen LogP contribution in [0.3, 0.4) is 0 Å². The van der Waals surface area contributed by atoms with Crippen molar-refractivity contribution < 1.29 is 14.3 Å². The molecule has 3 rings (SSSR count). The number of allylic oxidation sites excluding steroid dienone is 1. The molecule has 0 saturated heterocycles. The molecule has 1 aliphatic heterocycles. The van der Waals surface area contributed by atoms with E-state index >= 15 is 0 Å². The van der Waals surface area contributed by atoms with Crippen LogP contribution in [0.1, 0.15) is 17.0 Å². The van der Waals surface area contributed by atoms with Gasteiger partial charge in [0, 0.05) is 17.8 Å². The van der Waals surface area contributed by atoms with E-state index < -0.39 is 6.29 Å². The number of carbonyl (C=O) groups is 1. The minimum Gasteiger partial charge on any atom is -0.458 e. The highest BCUT2D eigenvalue weighted by Crippen LogP contribution is 2.20. The number of pyridine rings is 1. The Kier molecular flexibility index (Phi) is 4.19. The van der Waals surface area contributed by atoms with Crippen molar-refractivity contribution in [3.63, 3.8) is 0 Å². The second kappa shape index (κ2) is 6.43. The first-order valence-corrected chi connectivity index (χ1v) is 7.22. The molecule has 0 saturated carbocycles. The standard InChI is InChI=1S/C18H17NO3/c1-13-6-5-9-15(19-13)11-16(20)17-12-21-18(22-17)10-14-7-3-2-4-8-14/h2-9,12,18H,10-11H2,1H3. The lowest BCUT2D eigenvalue weighted by Crippen LogP contribution is -2.15. The van der Waals surface area contributed by atoms with Crippen molar-refractivity contribution >= 4 is 5.78 Å². The number of ether oxygens (including phenoxy) is 2. The molecule has 4 nitrogen and oxygen atoms in total. The number of nitrogens with zero attached hydrogens (tertiary/aromatic N) is 1. The highest BCUT2D eigenvalue weighted by atomic mass is 16.7. The van der Waals surface area contributed by atoms with Gasteiger partial charge in [-0.15, -0.1) is 0 Å². The summed E-state index contributed by atoms with van der Waals surface area (Å²) in [7, 11) is 0. The Bertz CT molecular complexity index is 694. The number of rotatable bonds is 5. The van der Waals surface area contributed by atoms with Crippen LogP contribution in [0.15, 0.2) is 60.6 Å². The highest BCUT2D eigenvalue weighted by Gasteiger charge is 2.25. The van der Waals surface area contributed by atoms with Gasteiger partial charge < -0.3 is 9.47 Å². The van der Waals surface area contributed by atoms with Crippen molar-refractivity contribution in [2.45, 2.75) is 26.1 Å². The fourth-order valence-corrected chi connectivity index (χ4v) is 2.31. The Morgan fingerprint density at radius 2 is 1.95 bits per heavy atom. The van der Waals surface area contributed by atoms with E-state index in [2.05, 4.69) is 4.98 Å². The number of Topliss-reactive ketones (excluding diaryl/α,β-unsaturated/α-hetero) is 1. The van der Waals surface area contributed by atoms with Crippen LogP contribution < -0.4 is 0 Å². The molecule has 22 heavy (non-hydrogen) atoms. The molecule has 0 fully saturated rings. The summed E-state index contributed by atoms with van der Waals surface area (Å²) in [5, 5.41) is 0. The molecule has 1 atom stereocenters. The van der Waals surface area contributed by atoms with Crippen molar-refractivity contribution in [1.82, 2.24) is 4.98 Å². The summed E-state index contributed by atoms with van der Waals surface area (Å²) in [4.78, 5) is 16.5. The number of aryl methyl sites for hydroxylation is 1. The predicted octanol–water partition coefficient (Wildman–Crippen LogP) is 2.96. The van der Waals surface area contributed by atoms with Crippen molar-refractivity contribution in [3.8, 4) is 0 Å². The second-order valence-electron chi connectivity index (χ2n) is 5.23. The van der Waals surface area contributed by atoms with Gasteiger partial charge in [-0.2, -0.15) is 0 Å². The first kappa shape index (κ1) is 14.3. The fourth-order valence-electron chi connectivity index (χ4n) is 2.31. The lowest BCUT2D eigenvalue weighted by molar-refractivity contribution is -0.120. The Morgan fingerprint density at radius 1 is 1.14 bits per heavy atom. The van der Waals surface area contributed by atoms with Gasteiger partial charge >= 0.3 is 0 Å². The Labute approximate surface area is 129 Å². The fraction of sp³-hybridized carbons (Fsp3) is 0.222. The van der Waals surface area contributed by atoms with E-state index in [0.29, 0.717) is 6.42 Å². The normalized spacial score (nSPS) is 16.6. The molecule has 112 valence electrons. The summed E-state index contributed by atoms with van der Waals surface area (Å²) >= 11 is 0. The van der Waals surface area contributed by atoms with Crippen LogP contribution in [0.4, 0.5) is 0 Å². The molecule has 1 aliphatic rings. The van der Waals surface area contributed by atoms with Crippen LogP contribution in [-0.4, -0.2) is 17.1 Å². The lowest BCUT2D eigenvalue weighted by atomic mass is 10.1. The van der Waals surface area contributed by atoms with Crippen LogP contribution in [0.2, 0.25) is 0 Å². The van der Waals surface area contributed by atoms with Gasteiger partial charge in [0.05, 0.1) is 6.42 Å². The molecule has 0 amide bonds. The maximum atomic E-state index is 12.2. The zero-order chi connectivity index (χ0) is 15.4. The highest BCUT2D eigenvalue weighted by molar-refractivity contribution is 5.94. The average molecular weight is 295 g/mol. The van der Waals surface area contributed by atoms with Crippen molar-refractivity contribution in [3.05, 3.63) is 77.5 Å². The minimum atomic E-state index is -0.438. The van der Waals surface area contributed by atoms with Gasteiger partial charge in [-0.25, -0.2) is 0 Å². The molecule has 4 heteroatoms. The SMILES string of the molecule is Cc1cccc(CC(=O)C2=COC(Cc3ccccc3)O2)n1. The monoisotopic (exact) mass is 295 g/mol. The zero-order valence-electron chi connectivity index (χ0n) is 12.4. The van der Waals surface area contributed by atoms with E-state index in [1.165, 1.54) is 6.26 Å². The van der Waals surface area contributed by atoms with Crippen molar-refractivity contribution in [1.29, 1.82) is 0 Å². The van der Waals surface area contributed by atoms with E-state index in [1.807, 2.05) is 55.5 Å². The molecule has 1 unspecified atom stereocenters.